The Kier molecular flexibility index (Phi) is 6.32. The summed E-state index contributed by atoms with van der Waals surface area (Å²) < 4.78 is 5.34. The van der Waals surface area contributed by atoms with Crippen molar-refractivity contribution in [2.75, 3.05) is 44.7 Å². The molecule has 0 aliphatic carbocycles. The van der Waals surface area contributed by atoms with Gasteiger partial charge in [-0.3, -0.25) is 14.4 Å². The first-order chi connectivity index (χ1) is 13.1. The number of rotatable bonds is 5. The van der Waals surface area contributed by atoms with E-state index < -0.39 is 0 Å². The van der Waals surface area contributed by atoms with Gasteiger partial charge >= 0.3 is 0 Å². The molecule has 0 aromatic heterocycles. The van der Waals surface area contributed by atoms with Gasteiger partial charge < -0.3 is 19.4 Å². The van der Waals surface area contributed by atoms with Crippen molar-refractivity contribution < 1.29 is 19.1 Å². The fourth-order valence-electron chi connectivity index (χ4n) is 3.66. The molecular formula is C20H27N3O4. The van der Waals surface area contributed by atoms with Crippen LogP contribution in [-0.4, -0.2) is 67.4 Å². The average molecular weight is 373 g/mol. The van der Waals surface area contributed by atoms with Gasteiger partial charge in [-0.2, -0.15) is 0 Å². The van der Waals surface area contributed by atoms with E-state index in [0.717, 1.165) is 31.5 Å². The van der Waals surface area contributed by atoms with Crippen molar-refractivity contribution in [3.8, 4) is 5.75 Å². The Morgan fingerprint density at radius 3 is 2.63 bits per heavy atom. The zero-order valence-corrected chi connectivity index (χ0v) is 15.9. The molecule has 0 saturated carbocycles. The van der Waals surface area contributed by atoms with E-state index in [1.54, 1.807) is 21.8 Å². The number of methoxy groups -OCH3 is 1. The molecule has 0 unspecified atom stereocenters. The lowest BCUT2D eigenvalue weighted by Crippen LogP contribution is -2.53. The van der Waals surface area contributed by atoms with Gasteiger partial charge in [0.15, 0.2) is 0 Å². The maximum absolute atomic E-state index is 12.6. The van der Waals surface area contributed by atoms with E-state index >= 15 is 0 Å². The molecule has 0 atom stereocenters. The number of ether oxygens (including phenoxy) is 1. The lowest BCUT2D eigenvalue weighted by atomic mass is 10.2. The highest BCUT2D eigenvalue weighted by molar-refractivity contribution is 5.99. The molecule has 0 N–H and O–H groups in total. The molecule has 3 rings (SSSR count). The van der Waals surface area contributed by atoms with Gasteiger partial charge in [0.25, 0.3) is 0 Å². The summed E-state index contributed by atoms with van der Waals surface area (Å²) in [5, 5.41) is 0. The van der Waals surface area contributed by atoms with Crippen LogP contribution >= 0.6 is 0 Å². The zero-order chi connectivity index (χ0) is 19.2. The van der Waals surface area contributed by atoms with E-state index in [0.29, 0.717) is 31.8 Å². The number of nitrogens with zero attached hydrogens (tertiary/aromatic N) is 3. The van der Waals surface area contributed by atoms with Gasteiger partial charge in [-0.15, -0.1) is 0 Å². The van der Waals surface area contributed by atoms with Crippen molar-refractivity contribution in [1.82, 2.24) is 9.80 Å². The summed E-state index contributed by atoms with van der Waals surface area (Å²) in [6.07, 6.45) is 3.84. The minimum absolute atomic E-state index is 0.0603. The van der Waals surface area contributed by atoms with Crippen molar-refractivity contribution in [3.05, 3.63) is 24.3 Å². The number of benzene rings is 1. The zero-order valence-electron chi connectivity index (χ0n) is 15.9. The van der Waals surface area contributed by atoms with Crippen LogP contribution in [-0.2, 0) is 14.4 Å². The third kappa shape index (κ3) is 4.59. The van der Waals surface area contributed by atoms with Crippen LogP contribution in [0.25, 0.3) is 0 Å². The standard InChI is InChI=1S/C20H27N3O4/c1-27-17-8-5-4-7-16(17)23-14-13-22(15-20(23)26)19(25)10-12-21-11-6-2-3-9-18(21)24/h4-5,7-8H,2-3,6,9-15H2,1H3. The van der Waals surface area contributed by atoms with Gasteiger partial charge in [0, 0.05) is 39.0 Å². The van der Waals surface area contributed by atoms with E-state index in [2.05, 4.69) is 0 Å². The molecule has 0 spiro atoms. The van der Waals surface area contributed by atoms with Gasteiger partial charge in [0.2, 0.25) is 17.7 Å². The van der Waals surface area contributed by atoms with E-state index in [9.17, 15) is 14.4 Å². The third-order valence-electron chi connectivity index (χ3n) is 5.22. The second-order valence-corrected chi connectivity index (χ2v) is 6.97. The highest BCUT2D eigenvalue weighted by Gasteiger charge is 2.29. The van der Waals surface area contributed by atoms with Crippen LogP contribution in [0.2, 0.25) is 0 Å². The van der Waals surface area contributed by atoms with Crippen LogP contribution in [0.5, 0.6) is 5.75 Å². The summed E-state index contributed by atoms with van der Waals surface area (Å²) in [5.74, 6) is 0.590. The fourth-order valence-corrected chi connectivity index (χ4v) is 3.66. The highest BCUT2D eigenvalue weighted by atomic mass is 16.5. The summed E-state index contributed by atoms with van der Waals surface area (Å²) in [4.78, 5) is 42.2. The number of carbonyl (C=O) groups is 3. The number of para-hydroxylation sites is 2. The van der Waals surface area contributed by atoms with Gasteiger partial charge in [-0.1, -0.05) is 18.6 Å². The molecular weight excluding hydrogens is 346 g/mol. The number of hydrogen-bond donors (Lipinski definition) is 0. The summed E-state index contributed by atoms with van der Waals surface area (Å²) in [6.45, 7) is 2.15. The first kappa shape index (κ1) is 19.2. The molecule has 146 valence electrons. The Balaban J connectivity index is 1.55. The maximum atomic E-state index is 12.6. The Hall–Kier alpha value is -2.57. The molecule has 3 amide bonds. The Labute approximate surface area is 159 Å². The van der Waals surface area contributed by atoms with Crippen LogP contribution in [0.3, 0.4) is 0 Å². The van der Waals surface area contributed by atoms with Gasteiger partial charge in [0.05, 0.1) is 12.8 Å². The molecule has 7 nitrogen and oxygen atoms in total. The lowest BCUT2D eigenvalue weighted by Gasteiger charge is -2.35. The topological polar surface area (TPSA) is 70.2 Å². The quantitative estimate of drug-likeness (QED) is 0.787. The molecule has 2 saturated heterocycles. The van der Waals surface area contributed by atoms with Crippen molar-refractivity contribution in [1.29, 1.82) is 0 Å². The van der Waals surface area contributed by atoms with Crippen LogP contribution in [0.1, 0.15) is 32.1 Å². The summed E-state index contributed by atoms with van der Waals surface area (Å²) in [5.41, 5.74) is 0.729. The van der Waals surface area contributed by atoms with E-state index in [1.165, 1.54) is 0 Å². The monoisotopic (exact) mass is 373 g/mol. The van der Waals surface area contributed by atoms with Gasteiger partial charge in [0.1, 0.15) is 12.3 Å². The Morgan fingerprint density at radius 1 is 1.04 bits per heavy atom. The smallest absolute Gasteiger partial charge is 0.246 e. The maximum Gasteiger partial charge on any atom is 0.246 e. The first-order valence-corrected chi connectivity index (χ1v) is 9.59. The number of anilines is 1. The minimum atomic E-state index is -0.120. The Bertz CT molecular complexity index is 706. The van der Waals surface area contributed by atoms with Crippen molar-refractivity contribution >= 4 is 23.4 Å². The normalized spacial score (nSPS) is 18.5. The fraction of sp³-hybridized carbons (Fsp3) is 0.550. The van der Waals surface area contributed by atoms with Crippen LogP contribution in [0.4, 0.5) is 5.69 Å². The van der Waals surface area contributed by atoms with E-state index in [1.807, 2.05) is 24.3 Å². The van der Waals surface area contributed by atoms with Crippen molar-refractivity contribution in [2.24, 2.45) is 0 Å². The second-order valence-electron chi connectivity index (χ2n) is 6.97. The van der Waals surface area contributed by atoms with E-state index in [4.69, 9.17) is 4.74 Å². The molecule has 0 radical (unpaired) electrons. The first-order valence-electron chi connectivity index (χ1n) is 9.59. The average Bonchev–Trinajstić information content (AvgIpc) is 2.90. The van der Waals surface area contributed by atoms with Crippen LogP contribution in [0, 0.1) is 0 Å². The van der Waals surface area contributed by atoms with Crippen LogP contribution < -0.4 is 9.64 Å². The van der Waals surface area contributed by atoms with Crippen molar-refractivity contribution in [3.63, 3.8) is 0 Å². The molecule has 7 heteroatoms. The number of hydrogen-bond acceptors (Lipinski definition) is 4. The highest BCUT2D eigenvalue weighted by Crippen LogP contribution is 2.28. The molecule has 2 aliphatic heterocycles. The van der Waals surface area contributed by atoms with Crippen LogP contribution in [0.15, 0.2) is 24.3 Å². The van der Waals surface area contributed by atoms with Gasteiger partial charge in [-0.25, -0.2) is 0 Å². The van der Waals surface area contributed by atoms with Crippen molar-refractivity contribution in [2.45, 2.75) is 32.1 Å². The number of amides is 3. The SMILES string of the molecule is COc1ccccc1N1CCN(C(=O)CCN2CCCCCC2=O)CC1=O. The summed E-state index contributed by atoms with van der Waals surface area (Å²) in [6, 6.07) is 7.38. The molecule has 2 fully saturated rings. The second kappa shape index (κ2) is 8.88. The number of likely N-dealkylation sites (tertiary alicyclic amines) is 1. The number of carbonyl (C=O) groups excluding carboxylic acids is 3. The predicted octanol–water partition coefficient (Wildman–Crippen LogP) is 1.66. The third-order valence-corrected chi connectivity index (χ3v) is 5.22. The lowest BCUT2D eigenvalue weighted by molar-refractivity contribution is -0.138. The molecule has 0 bridgehead atoms. The molecule has 1 aromatic carbocycles. The Morgan fingerprint density at radius 2 is 1.85 bits per heavy atom. The number of piperazine rings is 1. The molecule has 2 heterocycles. The van der Waals surface area contributed by atoms with Gasteiger partial charge in [-0.05, 0) is 25.0 Å². The molecule has 1 aromatic rings. The largest absolute Gasteiger partial charge is 0.495 e. The summed E-state index contributed by atoms with van der Waals surface area (Å²) >= 11 is 0. The summed E-state index contributed by atoms with van der Waals surface area (Å²) in [7, 11) is 1.58. The molecule has 27 heavy (non-hydrogen) atoms. The minimum Gasteiger partial charge on any atom is -0.495 e. The molecule has 2 aliphatic rings. The predicted molar refractivity (Wildman–Crippen MR) is 102 cm³/mol. The van der Waals surface area contributed by atoms with E-state index in [-0.39, 0.29) is 30.7 Å².